The molecule has 0 aromatic carbocycles. The molecule has 0 aliphatic carbocycles. The fourth-order valence-corrected chi connectivity index (χ4v) is 1.59. The van der Waals surface area contributed by atoms with Gasteiger partial charge in [-0.2, -0.15) is 0 Å². The first kappa shape index (κ1) is 6.92. The van der Waals surface area contributed by atoms with Crippen molar-refractivity contribution >= 4 is 0 Å². The molecule has 0 saturated carbocycles. The molecule has 0 atom stereocenters. The van der Waals surface area contributed by atoms with Gasteiger partial charge in [0.25, 0.3) is 0 Å². The van der Waals surface area contributed by atoms with Crippen LogP contribution in [0.5, 0.6) is 0 Å². The average Bonchev–Trinajstić information content (AvgIpc) is 2.47. The first-order valence-corrected chi connectivity index (χ1v) is 4.16. The molecule has 0 bridgehead atoms. The lowest BCUT2D eigenvalue weighted by atomic mass is 10.2. The summed E-state index contributed by atoms with van der Waals surface area (Å²) in [7, 11) is 0. The van der Waals surface area contributed by atoms with Crippen LogP contribution in [0.1, 0.15) is 18.2 Å². The van der Waals surface area contributed by atoms with Gasteiger partial charge < -0.3 is 9.30 Å². The van der Waals surface area contributed by atoms with Gasteiger partial charge in [-0.3, -0.25) is 0 Å². The molecule has 1 aromatic heterocycles. The van der Waals surface area contributed by atoms with Crippen molar-refractivity contribution in [1.29, 1.82) is 0 Å². The minimum atomic E-state index is 0.802. The number of hydrogen-bond acceptors (Lipinski definition) is 1. The zero-order valence-corrected chi connectivity index (χ0v) is 6.84. The van der Waals surface area contributed by atoms with Gasteiger partial charge in [-0.05, 0) is 18.1 Å². The molecule has 0 amide bonds. The maximum Gasteiger partial charge on any atom is 0.0871 e. The largest absolute Gasteiger partial charge is 0.373 e. The van der Waals surface area contributed by atoms with E-state index in [0.717, 1.165) is 26.2 Å². The van der Waals surface area contributed by atoms with Crippen molar-refractivity contribution in [2.45, 2.75) is 26.5 Å². The zero-order chi connectivity index (χ0) is 7.68. The molecule has 1 aromatic rings. The highest BCUT2D eigenvalue weighted by atomic mass is 16.5. The molecule has 0 saturated heterocycles. The van der Waals surface area contributed by atoms with Gasteiger partial charge >= 0.3 is 0 Å². The number of rotatable bonds is 1. The number of nitrogens with zero attached hydrogens (tertiary/aromatic N) is 1. The highest BCUT2D eigenvalue weighted by Crippen LogP contribution is 2.16. The Morgan fingerprint density at radius 2 is 2.55 bits per heavy atom. The van der Waals surface area contributed by atoms with Gasteiger partial charge in [-0.1, -0.05) is 6.92 Å². The maximum absolute atomic E-state index is 5.38. The molecule has 0 unspecified atom stereocenters. The minimum Gasteiger partial charge on any atom is -0.373 e. The number of hydrogen-bond donors (Lipinski definition) is 0. The van der Waals surface area contributed by atoms with Crippen molar-refractivity contribution in [3.05, 3.63) is 23.5 Å². The Bertz CT molecular complexity index is 239. The van der Waals surface area contributed by atoms with Crippen LogP contribution < -0.4 is 0 Å². The minimum absolute atomic E-state index is 0.802. The Labute approximate surface area is 66.8 Å². The summed E-state index contributed by atoms with van der Waals surface area (Å²) in [6, 6.07) is 2.20. The second-order valence-corrected chi connectivity index (χ2v) is 2.89. The van der Waals surface area contributed by atoms with Crippen LogP contribution in [-0.4, -0.2) is 11.2 Å². The number of aromatic nitrogens is 1. The van der Waals surface area contributed by atoms with E-state index in [9.17, 15) is 0 Å². The second-order valence-electron chi connectivity index (χ2n) is 2.89. The molecule has 0 N–H and O–H groups in total. The molecule has 1 aliphatic heterocycles. The smallest absolute Gasteiger partial charge is 0.0871 e. The van der Waals surface area contributed by atoms with Crippen LogP contribution in [0.15, 0.2) is 12.3 Å². The molecule has 2 heteroatoms. The number of fused-ring (bicyclic) bond motifs is 1. The van der Waals surface area contributed by atoms with Crippen molar-refractivity contribution in [3.8, 4) is 0 Å². The lowest BCUT2D eigenvalue weighted by Crippen LogP contribution is -2.16. The van der Waals surface area contributed by atoms with Crippen molar-refractivity contribution < 1.29 is 4.74 Å². The van der Waals surface area contributed by atoms with Crippen LogP contribution in [0.25, 0.3) is 0 Å². The van der Waals surface area contributed by atoms with E-state index in [4.69, 9.17) is 4.74 Å². The van der Waals surface area contributed by atoms with E-state index >= 15 is 0 Å². The van der Waals surface area contributed by atoms with E-state index in [-0.39, 0.29) is 0 Å². The standard InChI is InChI=1S/C9H13NO/c1-2-8-3-4-10-5-6-11-7-9(8)10/h3-4H,2,5-7H2,1H3. The fraction of sp³-hybridized carbons (Fsp3) is 0.556. The zero-order valence-electron chi connectivity index (χ0n) is 6.84. The molecule has 2 nitrogen and oxygen atoms in total. The molecule has 2 rings (SSSR count). The first-order valence-electron chi connectivity index (χ1n) is 4.16. The van der Waals surface area contributed by atoms with E-state index in [0.29, 0.717) is 0 Å². The molecule has 2 heterocycles. The van der Waals surface area contributed by atoms with Gasteiger partial charge in [0.2, 0.25) is 0 Å². The summed E-state index contributed by atoms with van der Waals surface area (Å²) in [5.74, 6) is 0. The van der Waals surface area contributed by atoms with Crippen LogP contribution >= 0.6 is 0 Å². The summed E-state index contributed by atoms with van der Waals surface area (Å²) in [4.78, 5) is 0. The van der Waals surface area contributed by atoms with Gasteiger partial charge in [0, 0.05) is 18.4 Å². The molecule has 0 fully saturated rings. The Kier molecular flexibility index (Phi) is 1.70. The highest BCUT2D eigenvalue weighted by molar-refractivity contribution is 5.22. The summed E-state index contributed by atoms with van der Waals surface area (Å²) in [6.07, 6.45) is 3.28. The summed E-state index contributed by atoms with van der Waals surface area (Å²) in [5, 5.41) is 0. The second kappa shape index (κ2) is 2.70. The lowest BCUT2D eigenvalue weighted by Gasteiger charge is -2.16. The molecule has 1 aliphatic rings. The Morgan fingerprint density at radius 3 is 3.36 bits per heavy atom. The third-order valence-corrected chi connectivity index (χ3v) is 2.27. The van der Waals surface area contributed by atoms with Crippen LogP contribution in [0.2, 0.25) is 0 Å². The van der Waals surface area contributed by atoms with E-state index < -0.39 is 0 Å². The van der Waals surface area contributed by atoms with Crippen LogP contribution in [0, 0.1) is 0 Å². The average molecular weight is 151 g/mol. The quantitative estimate of drug-likeness (QED) is 0.594. The van der Waals surface area contributed by atoms with Crippen molar-refractivity contribution in [2.75, 3.05) is 6.61 Å². The third kappa shape index (κ3) is 1.07. The summed E-state index contributed by atoms with van der Waals surface area (Å²) >= 11 is 0. The Hall–Kier alpha value is -0.760. The molecule has 11 heavy (non-hydrogen) atoms. The van der Waals surface area contributed by atoms with Crippen molar-refractivity contribution in [1.82, 2.24) is 4.57 Å². The normalized spacial score (nSPS) is 16.5. The first-order chi connectivity index (χ1) is 5.42. The Morgan fingerprint density at radius 1 is 1.64 bits per heavy atom. The maximum atomic E-state index is 5.38. The van der Waals surface area contributed by atoms with E-state index in [1.807, 2.05) is 0 Å². The monoisotopic (exact) mass is 151 g/mol. The van der Waals surface area contributed by atoms with Gasteiger partial charge in [-0.15, -0.1) is 0 Å². The van der Waals surface area contributed by atoms with Crippen LogP contribution in [0.3, 0.4) is 0 Å². The van der Waals surface area contributed by atoms with Gasteiger partial charge in [0.1, 0.15) is 0 Å². The van der Waals surface area contributed by atoms with Gasteiger partial charge in [0.15, 0.2) is 0 Å². The summed E-state index contributed by atoms with van der Waals surface area (Å²) < 4.78 is 7.67. The highest BCUT2D eigenvalue weighted by Gasteiger charge is 2.11. The van der Waals surface area contributed by atoms with Crippen LogP contribution in [0.4, 0.5) is 0 Å². The number of aryl methyl sites for hydroxylation is 1. The Balaban J connectivity index is 2.38. The van der Waals surface area contributed by atoms with Crippen LogP contribution in [-0.2, 0) is 24.3 Å². The van der Waals surface area contributed by atoms with Gasteiger partial charge in [-0.25, -0.2) is 0 Å². The summed E-state index contributed by atoms with van der Waals surface area (Å²) in [5.41, 5.74) is 2.81. The van der Waals surface area contributed by atoms with Crippen molar-refractivity contribution in [3.63, 3.8) is 0 Å². The molecule has 0 radical (unpaired) electrons. The third-order valence-electron chi connectivity index (χ3n) is 2.27. The molecular weight excluding hydrogens is 138 g/mol. The fourth-order valence-electron chi connectivity index (χ4n) is 1.59. The number of ether oxygens (including phenoxy) is 1. The van der Waals surface area contributed by atoms with E-state index in [1.54, 1.807) is 0 Å². The topological polar surface area (TPSA) is 14.2 Å². The predicted octanol–water partition coefficient (Wildman–Crippen LogP) is 1.58. The van der Waals surface area contributed by atoms with Crippen molar-refractivity contribution in [2.24, 2.45) is 0 Å². The lowest BCUT2D eigenvalue weighted by molar-refractivity contribution is 0.0843. The summed E-state index contributed by atoms with van der Waals surface area (Å²) in [6.45, 7) is 4.88. The molecule has 60 valence electrons. The van der Waals surface area contributed by atoms with Gasteiger partial charge in [0.05, 0.1) is 13.2 Å². The van der Waals surface area contributed by atoms with E-state index in [2.05, 4.69) is 23.8 Å². The predicted molar refractivity (Wildman–Crippen MR) is 43.5 cm³/mol. The molecule has 0 spiro atoms. The molecular formula is C9H13NO. The SMILES string of the molecule is CCc1ccn2c1COCC2. The van der Waals surface area contributed by atoms with E-state index in [1.165, 1.54) is 11.3 Å².